The molecule has 0 spiro atoms. The fraction of sp³-hybridized carbons (Fsp3) is 0.350. The summed E-state index contributed by atoms with van der Waals surface area (Å²) in [5.74, 6) is -0.373. The molecule has 2 N–H and O–H groups in total. The van der Waals surface area contributed by atoms with Crippen LogP contribution in [0.15, 0.2) is 42.5 Å². The topological polar surface area (TPSA) is 53.6 Å². The Labute approximate surface area is 153 Å². The number of morpholine rings is 1. The van der Waals surface area contributed by atoms with Crippen LogP contribution in [0.3, 0.4) is 0 Å². The molecule has 2 aromatic carbocycles. The maximum absolute atomic E-state index is 13.3. The van der Waals surface area contributed by atoms with Gasteiger partial charge in [-0.15, -0.1) is 0 Å². The Kier molecular flexibility index (Phi) is 6.20. The number of carbonyl (C=O) groups excluding carboxylic acids is 1. The lowest BCUT2D eigenvalue weighted by Crippen LogP contribution is -2.35. The average molecular weight is 357 g/mol. The molecule has 26 heavy (non-hydrogen) atoms. The van der Waals surface area contributed by atoms with Crippen LogP contribution in [0.2, 0.25) is 0 Å². The predicted molar refractivity (Wildman–Crippen MR) is 99.5 cm³/mol. The van der Waals surface area contributed by atoms with Gasteiger partial charge in [-0.05, 0) is 35.7 Å². The van der Waals surface area contributed by atoms with E-state index in [1.165, 1.54) is 17.7 Å². The highest BCUT2D eigenvalue weighted by molar-refractivity contribution is 5.90. The second-order valence-electron chi connectivity index (χ2n) is 6.48. The van der Waals surface area contributed by atoms with Gasteiger partial charge < -0.3 is 15.4 Å². The van der Waals surface area contributed by atoms with Gasteiger partial charge >= 0.3 is 6.03 Å². The summed E-state index contributed by atoms with van der Waals surface area (Å²) >= 11 is 0. The van der Waals surface area contributed by atoms with E-state index >= 15 is 0 Å². The number of urea groups is 1. The van der Waals surface area contributed by atoms with Gasteiger partial charge in [-0.2, -0.15) is 0 Å². The number of rotatable bonds is 5. The van der Waals surface area contributed by atoms with Crippen LogP contribution >= 0.6 is 0 Å². The molecular formula is C20H24FN3O2. The van der Waals surface area contributed by atoms with E-state index in [2.05, 4.69) is 27.7 Å². The summed E-state index contributed by atoms with van der Waals surface area (Å²) in [7, 11) is 0. The number of anilines is 1. The second-order valence-corrected chi connectivity index (χ2v) is 6.48. The molecule has 3 rings (SSSR count). The Morgan fingerprint density at radius 2 is 1.92 bits per heavy atom. The smallest absolute Gasteiger partial charge is 0.319 e. The number of halogens is 1. The van der Waals surface area contributed by atoms with Crippen molar-refractivity contribution in [2.24, 2.45) is 0 Å². The Bertz CT molecular complexity index is 760. The first-order valence-electron chi connectivity index (χ1n) is 8.79. The van der Waals surface area contributed by atoms with Crippen molar-refractivity contribution in [1.29, 1.82) is 0 Å². The van der Waals surface area contributed by atoms with Gasteiger partial charge in [-0.25, -0.2) is 9.18 Å². The van der Waals surface area contributed by atoms with Gasteiger partial charge in [0.25, 0.3) is 0 Å². The predicted octanol–water partition coefficient (Wildman–Crippen LogP) is 3.29. The van der Waals surface area contributed by atoms with E-state index in [4.69, 9.17) is 4.74 Å². The van der Waals surface area contributed by atoms with Gasteiger partial charge in [-0.1, -0.05) is 30.3 Å². The van der Waals surface area contributed by atoms with Gasteiger partial charge in [0.15, 0.2) is 0 Å². The first-order chi connectivity index (χ1) is 12.6. The Morgan fingerprint density at radius 1 is 1.15 bits per heavy atom. The molecule has 1 heterocycles. The summed E-state index contributed by atoms with van der Waals surface area (Å²) in [6.07, 6.45) is 0. The van der Waals surface area contributed by atoms with E-state index in [1.54, 1.807) is 6.07 Å². The number of benzene rings is 2. The number of nitrogens with one attached hydrogen (secondary N) is 2. The van der Waals surface area contributed by atoms with Crippen molar-refractivity contribution in [2.75, 3.05) is 31.6 Å². The largest absolute Gasteiger partial charge is 0.379 e. The summed E-state index contributed by atoms with van der Waals surface area (Å²) in [6, 6.07) is 12.2. The Balaban J connectivity index is 1.53. The van der Waals surface area contributed by atoms with E-state index in [9.17, 15) is 9.18 Å². The Morgan fingerprint density at radius 3 is 2.73 bits per heavy atom. The van der Waals surface area contributed by atoms with Crippen molar-refractivity contribution in [3.05, 3.63) is 65.0 Å². The third-order valence-corrected chi connectivity index (χ3v) is 4.40. The second kappa shape index (κ2) is 8.78. The fourth-order valence-corrected chi connectivity index (χ4v) is 2.93. The number of carbonyl (C=O) groups is 1. The van der Waals surface area contributed by atoms with Gasteiger partial charge in [-0.3, -0.25) is 4.90 Å². The SMILES string of the molecule is Cc1ccc(F)cc1NC(=O)NCc1cccc(CN2CCOCC2)c1. The number of hydrogen-bond donors (Lipinski definition) is 2. The quantitative estimate of drug-likeness (QED) is 0.863. The number of nitrogens with zero attached hydrogens (tertiary/aromatic N) is 1. The minimum absolute atomic E-state index is 0.350. The van der Waals surface area contributed by atoms with Crippen LogP contribution in [0.25, 0.3) is 0 Å². The highest BCUT2D eigenvalue weighted by Gasteiger charge is 2.11. The molecule has 0 aliphatic carbocycles. The van der Waals surface area contributed by atoms with Crippen molar-refractivity contribution in [2.45, 2.75) is 20.0 Å². The number of aryl methyl sites for hydroxylation is 1. The first-order valence-corrected chi connectivity index (χ1v) is 8.79. The minimum Gasteiger partial charge on any atom is -0.379 e. The summed E-state index contributed by atoms with van der Waals surface area (Å²) in [6.45, 7) is 6.56. The van der Waals surface area contributed by atoms with E-state index in [0.29, 0.717) is 12.2 Å². The van der Waals surface area contributed by atoms with Crippen molar-refractivity contribution in [3.8, 4) is 0 Å². The number of amides is 2. The zero-order valence-electron chi connectivity index (χ0n) is 14.9. The van der Waals surface area contributed by atoms with Crippen LogP contribution in [0.5, 0.6) is 0 Å². The molecule has 2 aromatic rings. The van der Waals surface area contributed by atoms with Crippen molar-refractivity contribution in [3.63, 3.8) is 0 Å². The molecule has 5 nitrogen and oxygen atoms in total. The number of hydrogen-bond acceptors (Lipinski definition) is 3. The van der Waals surface area contributed by atoms with Crippen LogP contribution < -0.4 is 10.6 Å². The molecule has 138 valence electrons. The fourth-order valence-electron chi connectivity index (χ4n) is 2.93. The molecule has 0 aromatic heterocycles. The van der Waals surface area contributed by atoms with Crippen LogP contribution in [-0.4, -0.2) is 37.2 Å². The lowest BCUT2D eigenvalue weighted by atomic mass is 10.1. The van der Waals surface area contributed by atoms with Gasteiger partial charge in [0.1, 0.15) is 5.82 Å². The van der Waals surface area contributed by atoms with E-state index < -0.39 is 0 Å². The maximum atomic E-state index is 13.3. The van der Waals surface area contributed by atoms with Gasteiger partial charge in [0.2, 0.25) is 0 Å². The lowest BCUT2D eigenvalue weighted by Gasteiger charge is -2.26. The maximum Gasteiger partial charge on any atom is 0.319 e. The van der Waals surface area contributed by atoms with E-state index in [0.717, 1.165) is 44.0 Å². The molecule has 1 fully saturated rings. The third kappa shape index (κ3) is 5.28. The van der Waals surface area contributed by atoms with Crippen LogP contribution in [0.4, 0.5) is 14.9 Å². The molecule has 0 saturated carbocycles. The summed E-state index contributed by atoms with van der Waals surface area (Å²) in [5.41, 5.74) is 3.53. The van der Waals surface area contributed by atoms with Crippen LogP contribution in [-0.2, 0) is 17.8 Å². The monoisotopic (exact) mass is 357 g/mol. The van der Waals surface area contributed by atoms with Crippen molar-refractivity contribution >= 4 is 11.7 Å². The minimum atomic E-state index is -0.373. The van der Waals surface area contributed by atoms with Crippen LogP contribution in [0.1, 0.15) is 16.7 Å². The molecule has 1 aliphatic heterocycles. The van der Waals surface area contributed by atoms with Crippen LogP contribution in [0, 0.1) is 12.7 Å². The van der Waals surface area contributed by atoms with Crippen molar-refractivity contribution in [1.82, 2.24) is 10.2 Å². The average Bonchev–Trinajstić information content (AvgIpc) is 2.64. The molecule has 0 radical (unpaired) electrons. The first kappa shape index (κ1) is 18.4. The van der Waals surface area contributed by atoms with E-state index in [1.807, 2.05) is 19.1 Å². The number of ether oxygens (including phenoxy) is 1. The molecule has 2 amide bonds. The third-order valence-electron chi connectivity index (χ3n) is 4.40. The van der Waals surface area contributed by atoms with Gasteiger partial charge in [0.05, 0.1) is 13.2 Å². The molecule has 0 atom stereocenters. The van der Waals surface area contributed by atoms with Crippen molar-refractivity contribution < 1.29 is 13.9 Å². The van der Waals surface area contributed by atoms with E-state index in [-0.39, 0.29) is 11.8 Å². The molecule has 1 aliphatic rings. The highest BCUT2D eigenvalue weighted by Crippen LogP contribution is 2.16. The molecular weight excluding hydrogens is 333 g/mol. The summed E-state index contributed by atoms with van der Waals surface area (Å²) in [4.78, 5) is 14.4. The van der Waals surface area contributed by atoms with Gasteiger partial charge in [0, 0.05) is 31.9 Å². The Hall–Kier alpha value is -2.44. The molecule has 0 unspecified atom stereocenters. The zero-order valence-corrected chi connectivity index (χ0v) is 14.9. The highest BCUT2D eigenvalue weighted by atomic mass is 19.1. The molecule has 0 bridgehead atoms. The summed E-state index contributed by atoms with van der Waals surface area (Å²) < 4.78 is 18.7. The zero-order chi connectivity index (χ0) is 18.4. The normalized spacial score (nSPS) is 14.8. The standard InChI is InChI=1S/C20H24FN3O2/c1-15-5-6-18(21)12-19(15)23-20(25)22-13-16-3-2-4-17(11-16)14-24-7-9-26-10-8-24/h2-6,11-12H,7-10,13-14H2,1H3,(H2,22,23,25). The summed E-state index contributed by atoms with van der Waals surface area (Å²) in [5, 5.41) is 5.51. The molecule has 1 saturated heterocycles. The molecule has 6 heteroatoms. The lowest BCUT2D eigenvalue weighted by molar-refractivity contribution is 0.0342.